The van der Waals surface area contributed by atoms with E-state index in [1.54, 1.807) is 7.11 Å². The zero-order valence-corrected chi connectivity index (χ0v) is 13.1. The summed E-state index contributed by atoms with van der Waals surface area (Å²) in [6.07, 6.45) is 0.459. The van der Waals surface area contributed by atoms with E-state index in [4.69, 9.17) is 4.74 Å². The van der Waals surface area contributed by atoms with Gasteiger partial charge in [-0.2, -0.15) is 0 Å². The molecule has 0 saturated carbocycles. The Morgan fingerprint density at radius 1 is 1.35 bits per heavy atom. The molecule has 0 aliphatic carbocycles. The Kier molecular flexibility index (Phi) is 6.30. The molecule has 1 aromatic carbocycles. The van der Waals surface area contributed by atoms with Gasteiger partial charge in [0.15, 0.2) is 0 Å². The number of ether oxygens (including phenoxy) is 1. The molecule has 1 aliphatic rings. The highest BCUT2D eigenvalue weighted by Crippen LogP contribution is 2.14. The molecule has 0 spiro atoms. The number of amides is 1. The van der Waals surface area contributed by atoms with Crippen molar-refractivity contribution in [3.05, 3.63) is 29.8 Å². The van der Waals surface area contributed by atoms with Crippen LogP contribution in [0, 0.1) is 0 Å². The average molecular weight is 299 g/mol. The first-order chi connectivity index (χ1) is 9.10. The summed E-state index contributed by atoms with van der Waals surface area (Å²) in [7, 11) is 1.64. The number of nitrogens with one attached hydrogen (secondary N) is 1. The number of hydrogen-bond acceptors (Lipinski definition) is 3. The lowest BCUT2D eigenvalue weighted by Gasteiger charge is -2.37. The number of hydrogen-bond donors (Lipinski definition) is 1. The summed E-state index contributed by atoms with van der Waals surface area (Å²) < 4.78 is 5.12. The summed E-state index contributed by atoms with van der Waals surface area (Å²) in [5.41, 5.74) is 1.03. The Hall–Kier alpha value is -1.26. The smallest absolute Gasteiger partial charge is 0.227 e. The largest absolute Gasteiger partial charge is 0.497 e. The minimum atomic E-state index is 0. The van der Waals surface area contributed by atoms with Gasteiger partial charge in [-0.1, -0.05) is 12.1 Å². The van der Waals surface area contributed by atoms with Gasteiger partial charge in [-0.25, -0.2) is 0 Å². The SMILES string of the molecule is COc1ccc(CC(=O)N2CC(C)NCC2C)cc1.Cl. The minimum Gasteiger partial charge on any atom is -0.497 e. The van der Waals surface area contributed by atoms with Crippen molar-refractivity contribution in [2.75, 3.05) is 20.2 Å². The van der Waals surface area contributed by atoms with Crippen LogP contribution in [0.2, 0.25) is 0 Å². The van der Waals surface area contributed by atoms with Gasteiger partial charge in [-0.3, -0.25) is 4.79 Å². The standard InChI is InChI=1S/C15H22N2O2.ClH/c1-11-10-17(12(2)9-16-11)15(18)8-13-4-6-14(19-3)7-5-13;/h4-7,11-12,16H,8-10H2,1-3H3;1H. The van der Waals surface area contributed by atoms with Gasteiger partial charge in [0, 0.05) is 25.2 Å². The monoisotopic (exact) mass is 298 g/mol. The summed E-state index contributed by atoms with van der Waals surface area (Å²) >= 11 is 0. The lowest BCUT2D eigenvalue weighted by atomic mass is 10.1. The predicted molar refractivity (Wildman–Crippen MR) is 82.6 cm³/mol. The van der Waals surface area contributed by atoms with E-state index in [9.17, 15) is 4.79 Å². The summed E-state index contributed by atoms with van der Waals surface area (Å²) in [6, 6.07) is 8.33. The van der Waals surface area contributed by atoms with Crippen molar-refractivity contribution in [3.63, 3.8) is 0 Å². The maximum atomic E-state index is 12.3. The molecule has 1 aliphatic heterocycles. The van der Waals surface area contributed by atoms with Gasteiger partial charge in [0.25, 0.3) is 0 Å². The highest BCUT2D eigenvalue weighted by Gasteiger charge is 2.26. The summed E-state index contributed by atoms with van der Waals surface area (Å²) in [5.74, 6) is 1.02. The molecule has 0 bridgehead atoms. The van der Waals surface area contributed by atoms with E-state index >= 15 is 0 Å². The third-order valence-electron chi connectivity index (χ3n) is 3.60. The molecule has 1 N–H and O–H groups in total. The van der Waals surface area contributed by atoms with Gasteiger partial charge in [0.05, 0.1) is 13.5 Å². The third kappa shape index (κ3) is 4.12. The van der Waals surface area contributed by atoms with Gasteiger partial charge < -0.3 is 15.0 Å². The number of benzene rings is 1. The fourth-order valence-corrected chi connectivity index (χ4v) is 2.39. The van der Waals surface area contributed by atoms with Gasteiger partial charge in [-0.05, 0) is 31.5 Å². The van der Waals surface area contributed by atoms with Crippen molar-refractivity contribution in [1.82, 2.24) is 10.2 Å². The molecule has 1 fully saturated rings. The fourth-order valence-electron chi connectivity index (χ4n) is 2.39. The van der Waals surface area contributed by atoms with Gasteiger partial charge >= 0.3 is 0 Å². The van der Waals surface area contributed by atoms with Crippen LogP contribution < -0.4 is 10.1 Å². The van der Waals surface area contributed by atoms with Crippen molar-refractivity contribution in [1.29, 1.82) is 0 Å². The second-order valence-electron chi connectivity index (χ2n) is 5.23. The van der Waals surface area contributed by atoms with E-state index < -0.39 is 0 Å². The quantitative estimate of drug-likeness (QED) is 0.926. The molecule has 1 amide bonds. The van der Waals surface area contributed by atoms with Crippen LogP contribution in [-0.2, 0) is 11.2 Å². The first-order valence-corrected chi connectivity index (χ1v) is 6.76. The molecule has 1 heterocycles. The number of piperazine rings is 1. The van der Waals surface area contributed by atoms with E-state index in [0.717, 1.165) is 24.4 Å². The molecular formula is C15H23ClN2O2. The van der Waals surface area contributed by atoms with E-state index in [-0.39, 0.29) is 24.4 Å². The molecule has 2 atom stereocenters. The second-order valence-corrected chi connectivity index (χ2v) is 5.23. The van der Waals surface area contributed by atoms with Crippen molar-refractivity contribution in [3.8, 4) is 5.75 Å². The van der Waals surface area contributed by atoms with Crippen LogP contribution in [0.25, 0.3) is 0 Å². The number of rotatable bonds is 3. The van der Waals surface area contributed by atoms with E-state index in [2.05, 4.69) is 19.2 Å². The Morgan fingerprint density at radius 2 is 2.00 bits per heavy atom. The number of carbonyl (C=O) groups is 1. The normalized spacial score (nSPS) is 22.1. The van der Waals surface area contributed by atoms with Crippen molar-refractivity contribution in [2.24, 2.45) is 0 Å². The Balaban J connectivity index is 0.00000200. The number of halogens is 1. The maximum Gasteiger partial charge on any atom is 0.227 e. The highest BCUT2D eigenvalue weighted by molar-refractivity contribution is 5.85. The Bertz CT molecular complexity index is 436. The number of methoxy groups -OCH3 is 1. The van der Waals surface area contributed by atoms with Gasteiger partial charge in [0.2, 0.25) is 5.91 Å². The van der Waals surface area contributed by atoms with E-state index in [1.807, 2.05) is 29.2 Å². The molecule has 1 aromatic rings. The molecule has 2 rings (SSSR count). The maximum absolute atomic E-state index is 12.3. The van der Waals surface area contributed by atoms with Crippen LogP contribution in [-0.4, -0.2) is 43.1 Å². The van der Waals surface area contributed by atoms with Crippen LogP contribution in [0.3, 0.4) is 0 Å². The van der Waals surface area contributed by atoms with Crippen LogP contribution in [0.1, 0.15) is 19.4 Å². The molecule has 20 heavy (non-hydrogen) atoms. The molecule has 4 nitrogen and oxygen atoms in total. The first-order valence-electron chi connectivity index (χ1n) is 6.76. The zero-order valence-electron chi connectivity index (χ0n) is 12.3. The predicted octanol–water partition coefficient (Wildman–Crippen LogP) is 1.87. The Labute approximate surface area is 126 Å². The van der Waals surface area contributed by atoms with Crippen LogP contribution >= 0.6 is 12.4 Å². The molecule has 0 aromatic heterocycles. The second kappa shape index (κ2) is 7.50. The summed E-state index contributed by atoms with van der Waals surface area (Å²) in [6.45, 7) is 5.86. The molecule has 5 heteroatoms. The van der Waals surface area contributed by atoms with E-state index in [0.29, 0.717) is 12.5 Å². The number of nitrogens with zero attached hydrogens (tertiary/aromatic N) is 1. The molecule has 2 unspecified atom stereocenters. The van der Waals surface area contributed by atoms with Crippen LogP contribution in [0.5, 0.6) is 5.75 Å². The van der Waals surface area contributed by atoms with Crippen molar-refractivity contribution >= 4 is 18.3 Å². The fraction of sp³-hybridized carbons (Fsp3) is 0.533. The van der Waals surface area contributed by atoms with Crippen LogP contribution in [0.4, 0.5) is 0 Å². The number of carbonyl (C=O) groups excluding carboxylic acids is 1. The minimum absolute atomic E-state index is 0. The van der Waals surface area contributed by atoms with E-state index in [1.165, 1.54) is 0 Å². The lowest BCUT2D eigenvalue weighted by molar-refractivity contribution is -0.133. The highest BCUT2D eigenvalue weighted by atomic mass is 35.5. The molecule has 112 valence electrons. The van der Waals surface area contributed by atoms with Crippen molar-refractivity contribution in [2.45, 2.75) is 32.4 Å². The van der Waals surface area contributed by atoms with Crippen LogP contribution in [0.15, 0.2) is 24.3 Å². The average Bonchev–Trinajstić information content (AvgIpc) is 2.42. The molecule has 0 radical (unpaired) electrons. The van der Waals surface area contributed by atoms with Gasteiger partial charge in [-0.15, -0.1) is 12.4 Å². The zero-order chi connectivity index (χ0) is 13.8. The summed E-state index contributed by atoms with van der Waals surface area (Å²) in [4.78, 5) is 14.3. The Morgan fingerprint density at radius 3 is 2.60 bits per heavy atom. The molecular weight excluding hydrogens is 276 g/mol. The molecule has 1 saturated heterocycles. The first kappa shape index (κ1) is 16.8. The topological polar surface area (TPSA) is 41.6 Å². The third-order valence-corrected chi connectivity index (χ3v) is 3.60. The summed E-state index contributed by atoms with van der Waals surface area (Å²) in [5, 5.41) is 3.39. The lowest BCUT2D eigenvalue weighted by Crippen LogP contribution is -2.56. The van der Waals surface area contributed by atoms with Gasteiger partial charge in [0.1, 0.15) is 5.75 Å². The van der Waals surface area contributed by atoms with Crippen molar-refractivity contribution < 1.29 is 9.53 Å².